The molecule has 100 valence electrons. The fraction of sp³-hybridized carbons (Fsp3) is 0.545. The van der Waals surface area contributed by atoms with E-state index in [9.17, 15) is 8.42 Å². The summed E-state index contributed by atoms with van der Waals surface area (Å²) in [5.74, 6) is 0. The van der Waals surface area contributed by atoms with E-state index in [-0.39, 0.29) is 6.04 Å². The van der Waals surface area contributed by atoms with E-state index in [1.54, 1.807) is 12.3 Å². The molecule has 2 heterocycles. The molecule has 1 aliphatic heterocycles. The number of sulfonamides is 1. The van der Waals surface area contributed by atoms with Gasteiger partial charge in [0.05, 0.1) is 6.26 Å². The maximum atomic E-state index is 11.4. The van der Waals surface area contributed by atoms with E-state index in [4.69, 9.17) is 11.6 Å². The summed E-state index contributed by atoms with van der Waals surface area (Å²) in [6.45, 7) is 1.13. The Balaban J connectivity index is 1.91. The van der Waals surface area contributed by atoms with Crippen LogP contribution in [0.3, 0.4) is 0 Å². The third kappa shape index (κ3) is 3.57. The lowest BCUT2D eigenvalue weighted by molar-refractivity contribution is 0.332. The van der Waals surface area contributed by atoms with Crippen molar-refractivity contribution in [1.82, 2.24) is 9.29 Å². The molecule has 0 saturated carbocycles. The Labute approximate surface area is 112 Å². The van der Waals surface area contributed by atoms with E-state index >= 15 is 0 Å². The summed E-state index contributed by atoms with van der Waals surface area (Å²) in [6.07, 6.45) is 4.50. The van der Waals surface area contributed by atoms with Crippen LogP contribution >= 0.6 is 11.6 Å². The summed E-state index contributed by atoms with van der Waals surface area (Å²) in [5.41, 5.74) is 0.924. The molecule has 0 aliphatic carbocycles. The smallest absolute Gasteiger partial charge is 0.211 e. The predicted molar refractivity (Wildman–Crippen MR) is 72.3 cm³/mol. The van der Waals surface area contributed by atoms with Crippen molar-refractivity contribution in [2.75, 3.05) is 24.7 Å². The molecule has 0 amide bonds. The monoisotopic (exact) mass is 289 g/mol. The standard InChI is InChI=1S/C11H16ClN3O2S/c1-18(16,17)15-6-3-9(4-7-15)14-10-2-5-13-11(12)8-10/h2,5,8-9H,3-4,6-7H2,1H3,(H,13,14). The number of halogens is 1. The molecular weight excluding hydrogens is 274 g/mol. The Bertz CT molecular complexity index is 513. The zero-order chi connectivity index (χ0) is 13.2. The normalized spacial score (nSPS) is 18.8. The van der Waals surface area contributed by atoms with Gasteiger partial charge >= 0.3 is 0 Å². The Morgan fingerprint density at radius 3 is 2.67 bits per heavy atom. The van der Waals surface area contributed by atoms with Crippen molar-refractivity contribution in [3.8, 4) is 0 Å². The van der Waals surface area contributed by atoms with Gasteiger partial charge in [-0.1, -0.05) is 11.6 Å². The van der Waals surface area contributed by atoms with Crippen molar-refractivity contribution < 1.29 is 8.42 Å². The molecule has 0 aromatic carbocycles. The van der Waals surface area contributed by atoms with Crippen molar-refractivity contribution in [2.24, 2.45) is 0 Å². The first-order chi connectivity index (χ1) is 8.45. The molecule has 0 bridgehead atoms. The van der Waals surface area contributed by atoms with Gasteiger partial charge in [-0.25, -0.2) is 17.7 Å². The zero-order valence-corrected chi connectivity index (χ0v) is 11.7. The van der Waals surface area contributed by atoms with E-state index in [1.165, 1.54) is 10.6 Å². The highest BCUT2D eigenvalue weighted by Gasteiger charge is 2.24. The average molecular weight is 290 g/mol. The highest BCUT2D eigenvalue weighted by molar-refractivity contribution is 7.88. The number of hydrogen-bond acceptors (Lipinski definition) is 4. The first-order valence-corrected chi connectivity index (χ1v) is 8.01. The van der Waals surface area contributed by atoms with Crippen LogP contribution in [0.15, 0.2) is 18.3 Å². The fourth-order valence-electron chi connectivity index (χ4n) is 2.06. The van der Waals surface area contributed by atoms with Crippen LogP contribution in [0.2, 0.25) is 5.15 Å². The average Bonchev–Trinajstić information content (AvgIpc) is 2.28. The Morgan fingerprint density at radius 2 is 2.11 bits per heavy atom. The van der Waals surface area contributed by atoms with Crippen LogP contribution in [0, 0.1) is 0 Å². The van der Waals surface area contributed by atoms with E-state index in [2.05, 4.69) is 10.3 Å². The predicted octanol–water partition coefficient (Wildman–Crippen LogP) is 1.57. The minimum atomic E-state index is -3.05. The van der Waals surface area contributed by atoms with Gasteiger partial charge in [0, 0.05) is 31.0 Å². The van der Waals surface area contributed by atoms with Gasteiger partial charge in [0.15, 0.2) is 0 Å². The largest absolute Gasteiger partial charge is 0.382 e. The molecule has 1 aromatic heterocycles. The minimum Gasteiger partial charge on any atom is -0.382 e. The van der Waals surface area contributed by atoms with Gasteiger partial charge in [-0.2, -0.15) is 0 Å². The number of pyridine rings is 1. The van der Waals surface area contributed by atoms with Crippen LogP contribution < -0.4 is 5.32 Å². The molecule has 1 saturated heterocycles. The van der Waals surface area contributed by atoms with Crippen LogP contribution in [0.4, 0.5) is 5.69 Å². The lowest BCUT2D eigenvalue weighted by atomic mass is 10.1. The lowest BCUT2D eigenvalue weighted by Crippen LogP contribution is -2.41. The Morgan fingerprint density at radius 1 is 1.44 bits per heavy atom. The topological polar surface area (TPSA) is 62.3 Å². The zero-order valence-electron chi connectivity index (χ0n) is 10.1. The molecule has 1 N–H and O–H groups in total. The van der Waals surface area contributed by atoms with Gasteiger partial charge in [0.1, 0.15) is 5.15 Å². The third-order valence-corrected chi connectivity index (χ3v) is 4.53. The van der Waals surface area contributed by atoms with E-state index < -0.39 is 10.0 Å². The van der Waals surface area contributed by atoms with Crippen LogP contribution in [-0.4, -0.2) is 43.1 Å². The molecule has 0 radical (unpaired) electrons. The van der Waals surface area contributed by atoms with Crippen LogP contribution in [0.25, 0.3) is 0 Å². The number of nitrogens with one attached hydrogen (secondary N) is 1. The van der Waals surface area contributed by atoms with Crippen molar-refractivity contribution >= 4 is 27.3 Å². The van der Waals surface area contributed by atoms with Gasteiger partial charge < -0.3 is 5.32 Å². The second-order valence-corrected chi connectivity index (χ2v) is 6.82. The van der Waals surface area contributed by atoms with Crippen molar-refractivity contribution in [3.05, 3.63) is 23.5 Å². The molecular formula is C11H16ClN3O2S. The first-order valence-electron chi connectivity index (χ1n) is 5.78. The molecule has 0 unspecified atom stereocenters. The summed E-state index contributed by atoms with van der Waals surface area (Å²) in [6, 6.07) is 3.90. The summed E-state index contributed by atoms with van der Waals surface area (Å²) in [7, 11) is -3.05. The fourth-order valence-corrected chi connectivity index (χ4v) is 3.11. The molecule has 1 aliphatic rings. The Kier molecular flexibility index (Phi) is 4.09. The minimum absolute atomic E-state index is 0.279. The SMILES string of the molecule is CS(=O)(=O)N1CCC(Nc2ccnc(Cl)c2)CC1. The van der Waals surface area contributed by atoms with Crippen molar-refractivity contribution in [3.63, 3.8) is 0 Å². The highest BCUT2D eigenvalue weighted by Crippen LogP contribution is 2.19. The van der Waals surface area contributed by atoms with E-state index in [0.717, 1.165) is 18.5 Å². The molecule has 2 rings (SSSR count). The molecule has 7 heteroatoms. The van der Waals surface area contributed by atoms with E-state index in [0.29, 0.717) is 18.2 Å². The molecule has 0 atom stereocenters. The van der Waals surface area contributed by atoms with Gasteiger partial charge in [-0.3, -0.25) is 0 Å². The van der Waals surface area contributed by atoms with Crippen LogP contribution in [0.1, 0.15) is 12.8 Å². The Hall–Kier alpha value is -0.850. The summed E-state index contributed by atoms with van der Waals surface area (Å²) in [4.78, 5) is 3.92. The molecule has 5 nitrogen and oxygen atoms in total. The number of nitrogens with zero attached hydrogens (tertiary/aromatic N) is 2. The lowest BCUT2D eigenvalue weighted by Gasteiger charge is -2.31. The molecule has 0 spiro atoms. The molecule has 1 aromatic rings. The van der Waals surface area contributed by atoms with Crippen molar-refractivity contribution in [1.29, 1.82) is 0 Å². The van der Waals surface area contributed by atoms with Gasteiger partial charge in [-0.15, -0.1) is 0 Å². The number of rotatable bonds is 3. The molecule has 1 fully saturated rings. The second kappa shape index (κ2) is 5.42. The maximum Gasteiger partial charge on any atom is 0.211 e. The highest BCUT2D eigenvalue weighted by atomic mass is 35.5. The first kappa shape index (κ1) is 13.6. The number of anilines is 1. The van der Waals surface area contributed by atoms with Gasteiger partial charge in [-0.05, 0) is 25.0 Å². The van der Waals surface area contributed by atoms with Gasteiger partial charge in [0.2, 0.25) is 10.0 Å². The quantitative estimate of drug-likeness (QED) is 0.858. The summed E-state index contributed by atoms with van der Waals surface area (Å²) in [5, 5.41) is 3.80. The van der Waals surface area contributed by atoms with Crippen LogP contribution in [0.5, 0.6) is 0 Å². The molecule has 18 heavy (non-hydrogen) atoms. The van der Waals surface area contributed by atoms with Crippen molar-refractivity contribution in [2.45, 2.75) is 18.9 Å². The number of aromatic nitrogens is 1. The number of hydrogen-bond donors (Lipinski definition) is 1. The maximum absolute atomic E-state index is 11.4. The van der Waals surface area contributed by atoms with Gasteiger partial charge in [0.25, 0.3) is 0 Å². The summed E-state index contributed by atoms with van der Waals surface area (Å²) < 4.78 is 24.3. The third-order valence-electron chi connectivity index (χ3n) is 3.02. The summed E-state index contributed by atoms with van der Waals surface area (Å²) >= 11 is 5.81. The van der Waals surface area contributed by atoms with E-state index in [1.807, 2.05) is 6.07 Å². The number of piperidine rings is 1. The van der Waals surface area contributed by atoms with Crippen LogP contribution in [-0.2, 0) is 10.0 Å². The second-order valence-electron chi connectivity index (χ2n) is 4.45.